The molecule has 4 rings (SSSR count). The Morgan fingerprint density at radius 3 is 2.77 bits per heavy atom. The lowest BCUT2D eigenvalue weighted by Crippen LogP contribution is -2.23. The highest BCUT2D eigenvalue weighted by Gasteiger charge is 2.28. The zero-order valence-corrected chi connectivity index (χ0v) is 15.1. The van der Waals surface area contributed by atoms with E-state index in [1.54, 1.807) is 17.7 Å². The highest BCUT2D eigenvalue weighted by atomic mass is 19.1. The molecule has 1 saturated carbocycles. The van der Waals surface area contributed by atoms with Crippen molar-refractivity contribution in [3.05, 3.63) is 58.2 Å². The van der Waals surface area contributed by atoms with Gasteiger partial charge in [-0.1, -0.05) is 12.1 Å². The Morgan fingerprint density at radius 1 is 1.31 bits per heavy atom. The number of aromatic nitrogens is 3. The molecule has 0 saturated heterocycles. The average molecular weight is 352 g/mol. The summed E-state index contributed by atoms with van der Waals surface area (Å²) >= 11 is 0. The van der Waals surface area contributed by atoms with Crippen LogP contribution < -0.4 is 5.32 Å². The Bertz CT molecular complexity index is 1020. The lowest BCUT2D eigenvalue weighted by atomic mass is 10.1. The van der Waals surface area contributed by atoms with Crippen molar-refractivity contribution in [2.75, 3.05) is 0 Å². The number of amides is 1. The molecule has 0 aliphatic heterocycles. The van der Waals surface area contributed by atoms with Crippen molar-refractivity contribution in [1.29, 1.82) is 0 Å². The van der Waals surface area contributed by atoms with E-state index in [9.17, 15) is 9.18 Å². The van der Waals surface area contributed by atoms with E-state index in [1.165, 1.54) is 6.07 Å². The summed E-state index contributed by atoms with van der Waals surface area (Å²) in [5.74, 6) is -0.00842. The Kier molecular flexibility index (Phi) is 3.98. The van der Waals surface area contributed by atoms with Gasteiger partial charge in [0.15, 0.2) is 5.65 Å². The lowest BCUT2D eigenvalue weighted by molar-refractivity contribution is 0.0952. The summed E-state index contributed by atoms with van der Waals surface area (Å²) in [5.41, 5.74) is 4.39. The van der Waals surface area contributed by atoms with Gasteiger partial charge in [-0.3, -0.25) is 9.48 Å². The van der Waals surface area contributed by atoms with Crippen LogP contribution in [0.5, 0.6) is 0 Å². The molecule has 26 heavy (non-hydrogen) atoms. The zero-order chi connectivity index (χ0) is 18.4. The molecule has 1 aliphatic rings. The molecule has 1 aliphatic carbocycles. The Morgan fingerprint density at radius 2 is 2.08 bits per heavy atom. The highest BCUT2D eigenvalue weighted by Crippen LogP contribution is 2.40. The SMILES string of the molecule is Cc1ccc(CNC(=O)c2cc(C3CC3)nc3c2c(C)nn3C)cc1F. The molecule has 1 aromatic carbocycles. The monoisotopic (exact) mass is 352 g/mol. The van der Waals surface area contributed by atoms with E-state index in [4.69, 9.17) is 4.98 Å². The third-order valence-corrected chi connectivity index (χ3v) is 4.92. The van der Waals surface area contributed by atoms with Crippen LogP contribution in [0, 0.1) is 19.7 Å². The van der Waals surface area contributed by atoms with E-state index < -0.39 is 0 Å². The molecule has 5 nitrogen and oxygen atoms in total. The summed E-state index contributed by atoms with van der Waals surface area (Å²) < 4.78 is 15.4. The second-order valence-electron chi connectivity index (χ2n) is 7.04. The number of benzene rings is 1. The minimum atomic E-state index is -0.262. The molecule has 0 atom stereocenters. The number of carbonyl (C=O) groups excluding carboxylic acids is 1. The van der Waals surface area contributed by atoms with Crippen molar-refractivity contribution < 1.29 is 9.18 Å². The van der Waals surface area contributed by atoms with Gasteiger partial charge in [0.1, 0.15) is 5.82 Å². The summed E-state index contributed by atoms with van der Waals surface area (Å²) in [6.07, 6.45) is 2.22. The third-order valence-electron chi connectivity index (χ3n) is 4.92. The van der Waals surface area contributed by atoms with Crippen LogP contribution in [-0.2, 0) is 13.6 Å². The molecule has 2 heterocycles. The van der Waals surface area contributed by atoms with Gasteiger partial charge in [0.05, 0.1) is 16.6 Å². The van der Waals surface area contributed by atoms with Gasteiger partial charge in [-0.25, -0.2) is 9.37 Å². The van der Waals surface area contributed by atoms with E-state index in [-0.39, 0.29) is 18.3 Å². The number of hydrogen-bond acceptors (Lipinski definition) is 3. The summed E-state index contributed by atoms with van der Waals surface area (Å²) in [5, 5.41) is 8.11. The number of hydrogen-bond donors (Lipinski definition) is 1. The molecule has 0 unspecified atom stereocenters. The van der Waals surface area contributed by atoms with Crippen molar-refractivity contribution >= 4 is 16.9 Å². The highest BCUT2D eigenvalue weighted by molar-refractivity contribution is 6.06. The molecule has 0 spiro atoms. The predicted octanol–water partition coefficient (Wildman–Crippen LogP) is 3.53. The minimum Gasteiger partial charge on any atom is -0.348 e. The number of rotatable bonds is 4. The van der Waals surface area contributed by atoms with Gasteiger partial charge in [-0.2, -0.15) is 5.10 Å². The Hall–Kier alpha value is -2.76. The second-order valence-corrected chi connectivity index (χ2v) is 7.04. The van der Waals surface area contributed by atoms with Crippen molar-refractivity contribution in [2.45, 2.75) is 39.2 Å². The molecule has 6 heteroatoms. The van der Waals surface area contributed by atoms with Gasteiger partial charge < -0.3 is 5.32 Å². The molecular weight excluding hydrogens is 331 g/mol. The van der Waals surface area contributed by atoms with Crippen LogP contribution in [0.1, 0.15) is 51.6 Å². The molecule has 2 aromatic heterocycles. The first kappa shape index (κ1) is 16.7. The number of fused-ring (bicyclic) bond motifs is 1. The van der Waals surface area contributed by atoms with Crippen LogP contribution in [0.4, 0.5) is 4.39 Å². The summed E-state index contributed by atoms with van der Waals surface area (Å²) in [4.78, 5) is 17.6. The molecule has 3 aromatic rings. The first-order valence-electron chi connectivity index (χ1n) is 8.81. The standard InChI is InChI=1S/C20H21FN4O/c1-11-4-5-13(8-16(11)21)10-22-20(26)15-9-17(14-6-7-14)23-19-18(15)12(2)24-25(19)3/h4-5,8-9,14H,6-7,10H2,1-3H3,(H,22,26). The lowest BCUT2D eigenvalue weighted by Gasteiger charge is -2.09. The topological polar surface area (TPSA) is 59.8 Å². The normalized spacial score (nSPS) is 14.0. The number of nitrogens with zero attached hydrogens (tertiary/aromatic N) is 3. The number of pyridine rings is 1. The largest absolute Gasteiger partial charge is 0.348 e. The summed E-state index contributed by atoms with van der Waals surface area (Å²) in [6, 6.07) is 6.89. The molecule has 1 fully saturated rings. The number of nitrogens with one attached hydrogen (secondary N) is 1. The predicted molar refractivity (Wildman–Crippen MR) is 97.5 cm³/mol. The van der Waals surface area contributed by atoms with Crippen molar-refractivity contribution in [3.63, 3.8) is 0 Å². The van der Waals surface area contributed by atoms with Gasteiger partial charge in [-0.05, 0) is 49.9 Å². The first-order valence-corrected chi connectivity index (χ1v) is 8.81. The van der Waals surface area contributed by atoms with Gasteiger partial charge in [0, 0.05) is 25.2 Å². The Balaban J connectivity index is 1.66. The maximum atomic E-state index is 13.7. The molecular formula is C20H21FN4O. The molecule has 0 radical (unpaired) electrons. The fourth-order valence-electron chi connectivity index (χ4n) is 3.26. The third kappa shape index (κ3) is 2.96. The smallest absolute Gasteiger partial charge is 0.252 e. The van der Waals surface area contributed by atoms with E-state index in [1.807, 2.05) is 26.1 Å². The Labute approximate surface area is 151 Å². The molecule has 1 amide bonds. The van der Waals surface area contributed by atoms with Gasteiger partial charge in [0.2, 0.25) is 0 Å². The van der Waals surface area contributed by atoms with Crippen molar-refractivity contribution in [3.8, 4) is 0 Å². The molecule has 134 valence electrons. The van der Waals surface area contributed by atoms with Gasteiger partial charge in [-0.15, -0.1) is 0 Å². The van der Waals surface area contributed by atoms with E-state index in [2.05, 4.69) is 10.4 Å². The fraction of sp³-hybridized carbons (Fsp3) is 0.350. The van der Waals surface area contributed by atoms with Crippen LogP contribution in [0.25, 0.3) is 11.0 Å². The maximum Gasteiger partial charge on any atom is 0.252 e. The molecule has 0 bridgehead atoms. The van der Waals surface area contributed by atoms with Gasteiger partial charge >= 0.3 is 0 Å². The van der Waals surface area contributed by atoms with Crippen LogP contribution in [0.15, 0.2) is 24.3 Å². The quantitative estimate of drug-likeness (QED) is 0.781. The van der Waals surface area contributed by atoms with E-state index in [0.29, 0.717) is 17.0 Å². The van der Waals surface area contributed by atoms with Crippen LogP contribution in [-0.4, -0.2) is 20.7 Å². The van der Waals surface area contributed by atoms with Crippen molar-refractivity contribution in [2.24, 2.45) is 7.05 Å². The van der Waals surface area contributed by atoms with Crippen molar-refractivity contribution in [1.82, 2.24) is 20.1 Å². The maximum absolute atomic E-state index is 13.7. The van der Waals surface area contributed by atoms with Crippen LogP contribution >= 0.6 is 0 Å². The minimum absolute atomic E-state index is 0.184. The van der Waals surface area contributed by atoms with E-state index >= 15 is 0 Å². The van der Waals surface area contributed by atoms with Gasteiger partial charge in [0.25, 0.3) is 5.91 Å². The number of carbonyl (C=O) groups is 1. The molecule has 1 N–H and O–H groups in total. The second kappa shape index (κ2) is 6.20. The fourth-order valence-corrected chi connectivity index (χ4v) is 3.26. The zero-order valence-electron chi connectivity index (χ0n) is 15.1. The average Bonchev–Trinajstić information content (AvgIpc) is 3.42. The van der Waals surface area contributed by atoms with E-state index in [0.717, 1.165) is 40.8 Å². The van der Waals surface area contributed by atoms with Crippen LogP contribution in [0.2, 0.25) is 0 Å². The first-order chi connectivity index (χ1) is 12.4. The van der Waals surface area contributed by atoms with Crippen LogP contribution in [0.3, 0.4) is 0 Å². The summed E-state index contributed by atoms with van der Waals surface area (Å²) in [7, 11) is 1.84. The number of aryl methyl sites for hydroxylation is 3. The number of halogens is 1. The summed E-state index contributed by atoms with van der Waals surface area (Å²) in [6.45, 7) is 3.88.